The number of amides is 3. The number of nitrogens with zero attached hydrogens (tertiary/aromatic N) is 2. The lowest BCUT2D eigenvalue weighted by Gasteiger charge is -2.24. The van der Waals surface area contributed by atoms with Crippen LogP contribution >= 0.6 is 0 Å². The minimum Gasteiger partial charge on any atom is -0.480 e. The van der Waals surface area contributed by atoms with Crippen molar-refractivity contribution in [2.75, 3.05) is 13.1 Å². The number of carbonyl (C=O) groups excluding carboxylic acids is 3. The summed E-state index contributed by atoms with van der Waals surface area (Å²) in [5, 5.41) is 16.9. The molecule has 0 heterocycles. The van der Waals surface area contributed by atoms with E-state index in [1.807, 2.05) is 13.8 Å². The highest BCUT2D eigenvalue weighted by Gasteiger charge is 2.28. The minimum absolute atomic E-state index is 0.0462. The number of rotatable bonds is 17. The highest BCUT2D eigenvalue weighted by Crippen LogP contribution is 2.07. The van der Waals surface area contributed by atoms with E-state index in [0.717, 1.165) is 0 Å². The molecule has 3 amide bonds. The second kappa shape index (κ2) is 16.9. The zero-order valence-corrected chi connectivity index (χ0v) is 21.2. The molecule has 0 rings (SSSR count). The van der Waals surface area contributed by atoms with Crippen LogP contribution in [0.2, 0.25) is 0 Å². The summed E-state index contributed by atoms with van der Waals surface area (Å²) in [5.74, 6) is -3.16. The smallest absolute Gasteiger partial charge is 0.326 e. The summed E-state index contributed by atoms with van der Waals surface area (Å²) in [7, 11) is 0. The van der Waals surface area contributed by atoms with E-state index < -0.39 is 47.9 Å². The summed E-state index contributed by atoms with van der Waals surface area (Å²) in [6.07, 6.45) is 1.49. The van der Waals surface area contributed by atoms with Crippen LogP contribution in [0.5, 0.6) is 0 Å². The fourth-order valence-corrected chi connectivity index (χ4v) is 3.07. The van der Waals surface area contributed by atoms with Gasteiger partial charge in [0.1, 0.15) is 18.1 Å². The van der Waals surface area contributed by atoms with E-state index in [1.54, 1.807) is 0 Å². The minimum atomic E-state index is -1.23. The third-order valence-electron chi connectivity index (χ3n) is 4.96. The van der Waals surface area contributed by atoms with Gasteiger partial charge in [0, 0.05) is 13.1 Å². The van der Waals surface area contributed by atoms with Crippen LogP contribution in [0.15, 0.2) is 9.98 Å². The van der Waals surface area contributed by atoms with Crippen LogP contribution in [0, 0.1) is 5.92 Å². The molecule has 0 saturated carbocycles. The molecule has 0 aromatic heterocycles. The lowest BCUT2D eigenvalue weighted by molar-refractivity contribution is -0.142. The second-order valence-electron chi connectivity index (χ2n) is 8.82. The average Bonchev–Trinajstić information content (AvgIpc) is 2.76. The van der Waals surface area contributed by atoms with E-state index in [4.69, 9.17) is 28.7 Å². The van der Waals surface area contributed by atoms with E-state index in [9.17, 15) is 24.3 Å². The van der Waals surface area contributed by atoms with Crippen molar-refractivity contribution >= 4 is 35.6 Å². The number of carboxylic acid groups (broad SMARTS) is 1. The van der Waals surface area contributed by atoms with Crippen molar-refractivity contribution in [3.05, 3.63) is 0 Å². The third-order valence-corrected chi connectivity index (χ3v) is 4.96. The van der Waals surface area contributed by atoms with Gasteiger partial charge in [-0.25, -0.2) is 4.79 Å². The van der Waals surface area contributed by atoms with Crippen molar-refractivity contribution < 1.29 is 24.3 Å². The summed E-state index contributed by atoms with van der Waals surface area (Å²) in [6.45, 7) is 5.68. The van der Waals surface area contributed by atoms with Crippen molar-refractivity contribution in [2.45, 2.75) is 77.0 Å². The Hall–Kier alpha value is -3.62. The Labute approximate surface area is 211 Å². The van der Waals surface area contributed by atoms with Crippen LogP contribution in [-0.2, 0) is 19.2 Å². The van der Waals surface area contributed by atoms with Gasteiger partial charge in [0.15, 0.2) is 11.9 Å². The lowest BCUT2D eigenvalue weighted by Crippen LogP contribution is -2.56. The predicted molar refractivity (Wildman–Crippen MR) is 136 cm³/mol. The number of hydrogen-bond acceptors (Lipinski definition) is 7. The molecule has 4 atom stereocenters. The first-order valence-corrected chi connectivity index (χ1v) is 11.7. The highest BCUT2D eigenvalue weighted by atomic mass is 16.4. The van der Waals surface area contributed by atoms with Crippen LogP contribution in [0.25, 0.3) is 0 Å². The molecule has 0 saturated heterocycles. The number of aliphatic imine (C=N–C) groups is 2. The maximum atomic E-state index is 12.8. The summed E-state index contributed by atoms with van der Waals surface area (Å²) >= 11 is 0. The first-order valence-electron chi connectivity index (χ1n) is 11.7. The average molecular weight is 515 g/mol. The molecule has 0 radical (unpaired) electrons. The SMILES string of the molecule is CC(C)C[C@H](NC(=O)[C@@H](N)CCCN=C(N)N)C(=O)N[C@@H](C)C(=O)N[C@@H](CCCN=C(N)N)C(=O)O. The standard InChI is InChI=1S/C21H42N10O5/c1-11(2)10-15(31-17(33)13(22)6-4-8-27-20(23)24)18(34)29-12(3)16(32)30-14(19(35)36)7-5-9-28-21(25)26/h11-15H,4-10,22H2,1-3H3,(H,29,34)(H,30,32)(H,31,33)(H,35,36)(H4,23,24,27)(H4,25,26,28)/t12-,13-,14-,15-/m0/s1. The molecule has 0 spiro atoms. The maximum absolute atomic E-state index is 12.8. The molecular weight excluding hydrogens is 472 g/mol. The van der Waals surface area contributed by atoms with Gasteiger partial charge in [0.2, 0.25) is 17.7 Å². The van der Waals surface area contributed by atoms with Crippen molar-refractivity contribution in [3.8, 4) is 0 Å². The van der Waals surface area contributed by atoms with Crippen LogP contribution in [-0.4, -0.2) is 78.0 Å². The van der Waals surface area contributed by atoms with Gasteiger partial charge in [-0.15, -0.1) is 0 Å². The molecule has 0 aliphatic rings. The predicted octanol–water partition coefficient (Wildman–Crippen LogP) is -2.97. The zero-order chi connectivity index (χ0) is 27.8. The lowest BCUT2D eigenvalue weighted by atomic mass is 10.0. The van der Waals surface area contributed by atoms with Crippen LogP contribution in [0.1, 0.15) is 52.9 Å². The van der Waals surface area contributed by atoms with Crippen molar-refractivity contribution in [1.29, 1.82) is 0 Å². The molecular formula is C21H42N10O5. The van der Waals surface area contributed by atoms with Gasteiger partial charge in [-0.05, 0) is 44.9 Å². The van der Waals surface area contributed by atoms with Gasteiger partial charge in [0.05, 0.1) is 6.04 Å². The van der Waals surface area contributed by atoms with Crippen LogP contribution in [0.4, 0.5) is 0 Å². The Morgan fingerprint density at radius 1 is 0.750 bits per heavy atom. The van der Waals surface area contributed by atoms with Crippen LogP contribution in [0.3, 0.4) is 0 Å². The Balaban J connectivity index is 4.99. The first-order chi connectivity index (χ1) is 16.7. The van der Waals surface area contributed by atoms with Crippen LogP contribution < -0.4 is 44.6 Å². The molecule has 0 unspecified atom stereocenters. The maximum Gasteiger partial charge on any atom is 0.326 e. The molecule has 0 aromatic rings. The molecule has 0 bridgehead atoms. The molecule has 0 fully saturated rings. The van der Waals surface area contributed by atoms with E-state index >= 15 is 0 Å². The molecule has 0 aliphatic heterocycles. The number of carbonyl (C=O) groups is 4. The quantitative estimate of drug-likeness (QED) is 0.0539. The normalized spacial score (nSPS) is 14.0. The molecule has 206 valence electrons. The fraction of sp³-hybridized carbons (Fsp3) is 0.714. The Bertz CT molecular complexity index is 794. The molecule has 14 N–H and O–H groups in total. The monoisotopic (exact) mass is 514 g/mol. The first kappa shape index (κ1) is 32.4. The van der Waals surface area contributed by atoms with Crippen molar-refractivity contribution in [2.24, 2.45) is 44.6 Å². The van der Waals surface area contributed by atoms with E-state index in [0.29, 0.717) is 32.2 Å². The number of guanidine groups is 2. The number of nitrogens with one attached hydrogen (secondary N) is 3. The van der Waals surface area contributed by atoms with Gasteiger partial charge >= 0.3 is 5.97 Å². The fourth-order valence-electron chi connectivity index (χ4n) is 3.07. The van der Waals surface area contributed by atoms with Gasteiger partial charge in [0.25, 0.3) is 0 Å². The summed E-state index contributed by atoms with van der Waals surface area (Å²) in [6, 6.07) is -4.06. The molecule has 15 heteroatoms. The van der Waals surface area contributed by atoms with Crippen molar-refractivity contribution in [1.82, 2.24) is 16.0 Å². The number of carboxylic acids is 1. The van der Waals surface area contributed by atoms with Crippen molar-refractivity contribution in [3.63, 3.8) is 0 Å². The van der Waals surface area contributed by atoms with E-state index in [1.165, 1.54) is 6.92 Å². The Kier molecular flexibility index (Phi) is 15.2. The van der Waals surface area contributed by atoms with Gasteiger partial charge in [-0.3, -0.25) is 24.4 Å². The zero-order valence-electron chi connectivity index (χ0n) is 21.2. The Morgan fingerprint density at radius 2 is 1.25 bits per heavy atom. The number of hydrogen-bond donors (Lipinski definition) is 9. The van der Waals surface area contributed by atoms with E-state index in [-0.39, 0.29) is 30.8 Å². The molecule has 0 aliphatic carbocycles. The number of nitrogens with two attached hydrogens (primary N) is 5. The number of aliphatic carboxylic acids is 1. The van der Waals surface area contributed by atoms with Gasteiger partial charge in [-0.1, -0.05) is 13.8 Å². The largest absolute Gasteiger partial charge is 0.480 e. The molecule has 36 heavy (non-hydrogen) atoms. The third kappa shape index (κ3) is 14.6. The highest BCUT2D eigenvalue weighted by molar-refractivity contribution is 5.93. The summed E-state index contributed by atoms with van der Waals surface area (Å²) in [4.78, 5) is 56.9. The second-order valence-corrected chi connectivity index (χ2v) is 8.82. The molecule has 0 aromatic carbocycles. The summed E-state index contributed by atoms with van der Waals surface area (Å²) < 4.78 is 0. The van der Waals surface area contributed by atoms with Gasteiger partial charge in [-0.2, -0.15) is 0 Å². The Morgan fingerprint density at radius 3 is 1.72 bits per heavy atom. The topological polar surface area (TPSA) is 279 Å². The summed E-state index contributed by atoms with van der Waals surface area (Å²) in [5.41, 5.74) is 26.9. The molecule has 15 nitrogen and oxygen atoms in total. The van der Waals surface area contributed by atoms with E-state index in [2.05, 4.69) is 25.9 Å². The van der Waals surface area contributed by atoms with Gasteiger partial charge < -0.3 is 49.7 Å².